The summed E-state index contributed by atoms with van der Waals surface area (Å²) in [4.78, 5) is 55.6. The highest BCUT2D eigenvalue weighted by atomic mass is 16.7. The predicted molar refractivity (Wildman–Crippen MR) is 157 cm³/mol. The Kier molecular flexibility index (Phi) is 12.6. The summed E-state index contributed by atoms with van der Waals surface area (Å²) in [6, 6.07) is -4.05. The molecule has 2 heterocycles. The average molecular weight is 645 g/mol. The first-order valence-corrected chi connectivity index (χ1v) is 14.3. The molecule has 0 aromatic carbocycles. The van der Waals surface area contributed by atoms with E-state index in [0.717, 1.165) is 4.57 Å². The summed E-state index contributed by atoms with van der Waals surface area (Å²) in [7, 11) is 0. The lowest BCUT2D eigenvalue weighted by Crippen LogP contribution is -2.67. The van der Waals surface area contributed by atoms with E-state index in [1.165, 1.54) is 13.1 Å². The Morgan fingerprint density at radius 2 is 1.80 bits per heavy atom. The molecule has 0 radical (unpaired) electrons. The van der Waals surface area contributed by atoms with Gasteiger partial charge in [-0.15, -0.1) is 0 Å². The number of aliphatic imine (C=N–C) groups is 1. The van der Waals surface area contributed by atoms with E-state index in [9.17, 15) is 39.6 Å². The first-order chi connectivity index (χ1) is 21.1. The van der Waals surface area contributed by atoms with Crippen LogP contribution < -0.4 is 50.6 Å². The molecule has 254 valence electrons. The van der Waals surface area contributed by atoms with Gasteiger partial charge in [0.15, 0.2) is 12.2 Å². The number of guanidine groups is 1. The molecule has 3 rings (SSSR count). The summed E-state index contributed by atoms with van der Waals surface area (Å²) in [5.41, 5.74) is 27.3. The number of amides is 2. The Bertz CT molecular complexity index is 1320. The molecule has 20 nitrogen and oxygen atoms in total. The van der Waals surface area contributed by atoms with Crippen molar-refractivity contribution < 1.29 is 39.5 Å². The molecule has 2 amide bonds. The average Bonchev–Trinajstić information content (AvgIpc) is 2.97. The second-order valence-corrected chi connectivity index (χ2v) is 11.3. The van der Waals surface area contributed by atoms with Crippen LogP contribution in [0.2, 0.25) is 0 Å². The van der Waals surface area contributed by atoms with Crippen molar-refractivity contribution in [2.24, 2.45) is 33.7 Å². The molecule has 1 aromatic heterocycles. The molecule has 1 aliphatic carbocycles. The quantitative estimate of drug-likeness (QED) is 0.0571. The zero-order valence-corrected chi connectivity index (χ0v) is 24.7. The highest BCUT2D eigenvalue weighted by molar-refractivity contribution is 5.87. The summed E-state index contributed by atoms with van der Waals surface area (Å²) >= 11 is 0. The number of aliphatic hydroxyl groups excluding tert-OH is 4. The fourth-order valence-electron chi connectivity index (χ4n) is 5.10. The first kappa shape index (κ1) is 36.0. The van der Waals surface area contributed by atoms with E-state index < -0.39 is 96.7 Å². The molecule has 11 atom stereocenters. The summed E-state index contributed by atoms with van der Waals surface area (Å²) in [5, 5.41) is 46.9. The summed E-state index contributed by atoms with van der Waals surface area (Å²) < 4.78 is 12.5. The predicted octanol–water partition coefficient (Wildman–Crippen LogP) is -7.56. The van der Waals surface area contributed by atoms with Crippen LogP contribution in [0.3, 0.4) is 0 Å². The number of rotatable bonds is 12. The second kappa shape index (κ2) is 15.7. The zero-order valence-electron chi connectivity index (χ0n) is 24.7. The number of hydrogen-bond donors (Lipinski definition) is 12. The Morgan fingerprint density at radius 3 is 2.47 bits per heavy atom. The molecule has 0 bridgehead atoms. The van der Waals surface area contributed by atoms with E-state index in [0.29, 0.717) is 0 Å². The number of nitrogens with one attached hydrogen (secondary N) is 3. The van der Waals surface area contributed by atoms with Gasteiger partial charge in [0, 0.05) is 36.9 Å². The van der Waals surface area contributed by atoms with Crippen LogP contribution >= 0.6 is 0 Å². The third kappa shape index (κ3) is 9.28. The molecule has 2 fully saturated rings. The fourth-order valence-corrected chi connectivity index (χ4v) is 5.10. The van der Waals surface area contributed by atoms with Crippen molar-refractivity contribution in [2.45, 2.75) is 99.8 Å². The topological polar surface area (TPSA) is 355 Å². The van der Waals surface area contributed by atoms with Crippen molar-refractivity contribution >= 4 is 17.8 Å². The van der Waals surface area contributed by atoms with Crippen molar-refractivity contribution in [1.29, 1.82) is 0 Å². The van der Waals surface area contributed by atoms with E-state index in [-0.39, 0.29) is 43.9 Å². The molecule has 1 saturated carbocycles. The Morgan fingerprint density at radius 1 is 1.11 bits per heavy atom. The van der Waals surface area contributed by atoms with Crippen LogP contribution in [0.1, 0.15) is 24.8 Å². The van der Waals surface area contributed by atoms with Gasteiger partial charge in [-0.05, 0) is 26.2 Å². The van der Waals surface area contributed by atoms with E-state index in [2.05, 4.69) is 20.6 Å². The van der Waals surface area contributed by atoms with Gasteiger partial charge in [-0.1, -0.05) is 0 Å². The van der Waals surface area contributed by atoms with E-state index >= 15 is 0 Å². The highest BCUT2D eigenvalue weighted by Gasteiger charge is 2.48. The van der Waals surface area contributed by atoms with Crippen LogP contribution in [0.5, 0.6) is 0 Å². The molecule has 20 heteroatoms. The second-order valence-electron chi connectivity index (χ2n) is 11.3. The van der Waals surface area contributed by atoms with Gasteiger partial charge in [-0.2, -0.15) is 0 Å². The molecule has 0 spiro atoms. The number of aromatic nitrogens is 2. The van der Waals surface area contributed by atoms with Gasteiger partial charge < -0.3 is 69.2 Å². The third-order valence-corrected chi connectivity index (χ3v) is 7.71. The van der Waals surface area contributed by atoms with Crippen LogP contribution in [0, 0.1) is 6.92 Å². The molecular formula is C25H44N10O10. The van der Waals surface area contributed by atoms with Crippen LogP contribution in [0.25, 0.3) is 0 Å². The normalized spacial score (nSPS) is 32.4. The molecular weight excluding hydrogens is 600 g/mol. The fraction of sp³-hybridized carbons (Fsp3) is 0.720. The van der Waals surface area contributed by atoms with E-state index in [1.807, 2.05) is 0 Å². The van der Waals surface area contributed by atoms with Crippen LogP contribution in [-0.2, 0) is 25.6 Å². The standard InChI is InChI=1S/C25H44N10O10/c1-9-7-35(25(43)34-21(9)41)8-14(36)33-12(3-2-4-31-24(29)30)22(42)32-6-13-17(38)18(39)15(28)23(44-13)45-20-11(27)5-10(26)16(37)19(20)40/h7,10-13,15-20,23,37-40H,2-6,8,26-28H2,1H3,(H,32,42)(H,33,36)(H4,29,30,31)(H,34,41,43)/t10-,11+,12+,13-,15-,16+,17-,18-,19-,20-,23-/m1/s1. The third-order valence-electron chi connectivity index (χ3n) is 7.71. The lowest BCUT2D eigenvalue weighted by Gasteiger charge is -2.46. The number of H-pyrrole nitrogens is 1. The van der Waals surface area contributed by atoms with Gasteiger partial charge in [-0.3, -0.25) is 28.9 Å². The number of carbonyl (C=O) groups excluding carboxylic acids is 2. The van der Waals surface area contributed by atoms with Crippen LogP contribution in [-0.4, -0.2) is 128 Å². The van der Waals surface area contributed by atoms with Crippen molar-refractivity contribution in [3.8, 4) is 0 Å². The van der Waals surface area contributed by atoms with Crippen molar-refractivity contribution in [3.05, 3.63) is 32.6 Å². The van der Waals surface area contributed by atoms with Gasteiger partial charge >= 0.3 is 5.69 Å². The molecule has 2 aliphatic rings. The summed E-state index contributed by atoms with van der Waals surface area (Å²) in [6.45, 7) is 0.715. The molecule has 0 unspecified atom stereocenters. The Hall–Kier alpha value is -3.47. The van der Waals surface area contributed by atoms with E-state index in [4.69, 9.17) is 38.1 Å². The minimum absolute atomic E-state index is 0.0587. The molecule has 1 aliphatic heterocycles. The molecule has 1 aromatic rings. The number of nitrogens with zero attached hydrogens (tertiary/aromatic N) is 2. The first-order valence-electron chi connectivity index (χ1n) is 14.3. The largest absolute Gasteiger partial charge is 0.389 e. The number of aromatic amines is 1. The van der Waals surface area contributed by atoms with Gasteiger partial charge in [0.1, 0.15) is 43.1 Å². The lowest BCUT2D eigenvalue weighted by atomic mass is 9.84. The maximum absolute atomic E-state index is 13.2. The van der Waals surface area contributed by atoms with Gasteiger partial charge in [0.05, 0.1) is 12.1 Å². The summed E-state index contributed by atoms with van der Waals surface area (Å²) in [5.74, 6) is -1.60. The highest BCUT2D eigenvalue weighted by Crippen LogP contribution is 2.27. The number of nitrogens with two attached hydrogens (primary N) is 5. The van der Waals surface area contributed by atoms with Crippen LogP contribution in [0.15, 0.2) is 20.8 Å². The monoisotopic (exact) mass is 644 g/mol. The number of ether oxygens (including phenoxy) is 2. The maximum Gasteiger partial charge on any atom is 0.328 e. The molecule has 17 N–H and O–H groups in total. The van der Waals surface area contributed by atoms with Crippen LogP contribution in [0.4, 0.5) is 0 Å². The maximum atomic E-state index is 13.2. The Balaban J connectivity index is 1.68. The minimum atomic E-state index is -1.58. The van der Waals surface area contributed by atoms with Gasteiger partial charge in [0.2, 0.25) is 11.8 Å². The number of carbonyl (C=O) groups is 2. The smallest absolute Gasteiger partial charge is 0.328 e. The van der Waals surface area contributed by atoms with Crippen molar-refractivity contribution in [3.63, 3.8) is 0 Å². The molecule has 1 saturated heterocycles. The van der Waals surface area contributed by atoms with Gasteiger partial charge in [0.25, 0.3) is 5.56 Å². The van der Waals surface area contributed by atoms with Crippen molar-refractivity contribution in [2.75, 3.05) is 13.1 Å². The minimum Gasteiger partial charge on any atom is -0.389 e. The Labute approximate surface area is 256 Å². The number of aryl methyl sites for hydroxylation is 1. The zero-order chi connectivity index (χ0) is 33.6. The summed E-state index contributed by atoms with van der Waals surface area (Å²) in [6.07, 6.45) is -8.18. The van der Waals surface area contributed by atoms with Crippen molar-refractivity contribution in [1.82, 2.24) is 20.2 Å². The lowest BCUT2D eigenvalue weighted by molar-refractivity contribution is -0.288. The number of aliphatic hydroxyl groups is 4. The number of hydrogen-bond acceptors (Lipinski definition) is 14. The molecule has 45 heavy (non-hydrogen) atoms. The van der Waals surface area contributed by atoms with E-state index in [1.54, 1.807) is 0 Å². The van der Waals surface area contributed by atoms with Gasteiger partial charge in [-0.25, -0.2) is 4.79 Å². The SMILES string of the molecule is Cc1cn(CC(=O)N[C@@H](CCCN=C(N)N)C(=O)NC[C@H]2O[C@H](O[C@H]3[C@H](O)[C@@H](O)[C@H](N)C[C@@H]3N)[C@H](N)[C@@H](O)[C@@H]2O)c(=O)[nH]c1=O.